The second kappa shape index (κ2) is 8.45. The molecule has 0 bridgehead atoms. The molecule has 0 saturated carbocycles. The Bertz CT molecular complexity index is 580. The average Bonchev–Trinajstić information content (AvgIpc) is 2.45. The number of benzene rings is 1. The van der Waals surface area contributed by atoms with Gasteiger partial charge in [-0.1, -0.05) is 23.2 Å². The molecule has 0 heterocycles. The number of hydrogen-bond donors (Lipinski definition) is 2. The van der Waals surface area contributed by atoms with Crippen LogP contribution in [0.2, 0.25) is 10.0 Å². The molecule has 0 aliphatic rings. The zero-order chi connectivity index (χ0) is 16.7. The Labute approximate surface area is 136 Å². The molecule has 22 heavy (non-hydrogen) atoms. The maximum atomic E-state index is 11.7. The second-order valence-electron chi connectivity index (χ2n) is 4.19. The molecule has 1 aromatic carbocycles. The second-order valence-corrected chi connectivity index (χ2v) is 5.03. The van der Waals surface area contributed by atoms with Crippen LogP contribution in [-0.4, -0.2) is 37.0 Å². The topological polar surface area (TPSA) is 108 Å². The van der Waals surface area contributed by atoms with E-state index in [1.54, 1.807) is 6.07 Å². The Morgan fingerprint density at radius 1 is 1.32 bits per heavy atom. The number of hydrogen-bond acceptors (Lipinski definition) is 5. The fraction of sp³-hybridized carbons (Fsp3) is 0.308. The SMILES string of the molecule is C[C@H](Oc1ccc(Cl)cc1Cl)C(=O)OCC(=O)NCC(N)=O. The van der Waals surface area contributed by atoms with Crippen LogP contribution in [0.3, 0.4) is 0 Å². The molecule has 1 aromatic rings. The van der Waals surface area contributed by atoms with Gasteiger partial charge in [-0.25, -0.2) is 4.79 Å². The van der Waals surface area contributed by atoms with Gasteiger partial charge in [-0.15, -0.1) is 0 Å². The Kier molecular flexibility index (Phi) is 6.94. The fourth-order valence-electron chi connectivity index (χ4n) is 1.30. The first-order valence-electron chi connectivity index (χ1n) is 6.13. The lowest BCUT2D eigenvalue weighted by Gasteiger charge is -2.14. The molecule has 120 valence electrons. The number of esters is 1. The number of nitrogens with two attached hydrogens (primary N) is 1. The van der Waals surface area contributed by atoms with E-state index in [4.69, 9.17) is 38.4 Å². The molecule has 0 fully saturated rings. The van der Waals surface area contributed by atoms with Crippen molar-refractivity contribution in [1.29, 1.82) is 0 Å². The van der Waals surface area contributed by atoms with Gasteiger partial charge in [-0.2, -0.15) is 0 Å². The largest absolute Gasteiger partial charge is 0.477 e. The Morgan fingerprint density at radius 3 is 2.59 bits per heavy atom. The molecule has 0 aliphatic heterocycles. The molecule has 1 rings (SSSR count). The quantitative estimate of drug-likeness (QED) is 0.712. The van der Waals surface area contributed by atoms with E-state index in [1.807, 2.05) is 0 Å². The fourth-order valence-corrected chi connectivity index (χ4v) is 1.75. The van der Waals surface area contributed by atoms with Crippen molar-refractivity contribution in [1.82, 2.24) is 5.32 Å². The zero-order valence-electron chi connectivity index (χ0n) is 11.6. The van der Waals surface area contributed by atoms with E-state index in [-0.39, 0.29) is 17.3 Å². The van der Waals surface area contributed by atoms with E-state index in [0.717, 1.165) is 0 Å². The summed E-state index contributed by atoms with van der Waals surface area (Å²) in [6, 6.07) is 4.53. The highest BCUT2D eigenvalue weighted by Gasteiger charge is 2.19. The molecule has 1 atom stereocenters. The van der Waals surface area contributed by atoms with Crippen molar-refractivity contribution in [2.75, 3.05) is 13.2 Å². The number of primary amides is 1. The third-order valence-corrected chi connectivity index (χ3v) is 2.87. The number of halogens is 2. The summed E-state index contributed by atoms with van der Waals surface area (Å²) in [5.74, 6) is -1.86. The van der Waals surface area contributed by atoms with E-state index in [0.29, 0.717) is 5.02 Å². The monoisotopic (exact) mass is 348 g/mol. The molecule has 2 amide bonds. The molecule has 9 heteroatoms. The standard InChI is InChI=1S/C13H14Cl2N2O5/c1-7(22-10-3-2-8(14)4-9(10)15)13(20)21-6-12(19)17-5-11(16)18/h2-4,7H,5-6H2,1H3,(H2,16,18)(H,17,19)/t7-/m0/s1. The van der Waals surface area contributed by atoms with Crippen LogP contribution in [0.4, 0.5) is 0 Å². The molecule has 7 nitrogen and oxygen atoms in total. The van der Waals surface area contributed by atoms with Gasteiger partial charge in [-0.05, 0) is 25.1 Å². The first-order chi connectivity index (χ1) is 10.3. The number of nitrogens with one attached hydrogen (secondary N) is 1. The van der Waals surface area contributed by atoms with Gasteiger partial charge in [0.1, 0.15) is 5.75 Å². The summed E-state index contributed by atoms with van der Waals surface area (Å²) in [5.41, 5.74) is 4.85. The van der Waals surface area contributed by atoms with Gasteiger partial charge in [0, 0.05) is 5.02 Å². The van der Waals surface area contributed by atoms with Crippen LogP contribution >= 0.6 is 23.2 Å². The first-order valence-corrected chi connectivity index (χ1v) is 6.88. The van der Waals surface area contributed by atoms with Crippen LogP contribution in [0.5, 0.6) is 5.75 Å². The van der Waals surface area contributed by atoms with Crippen molar-refractivity contribution in [3.8, 4) is 5.75 Å². The van der Waals surface area contributed by atoms with Gasteiger partial charge in [0.25, 0.3) is 5.91 Å². The molecular formula is C13H14Cl2N2O5. The molecule has 3 N–H and O–H groups in total. The Hall–Kier alpha value is -1.99. The summed E-state index contributed by atoms with van der Waals surface area (Å²) in [4.78, 5) is 33.4. The van der Waals surface area contributed by atoms with Gasteiger partial charge in [0.05, 0.1) is 11.6 Å². The first kappa shape index (κ1) is 18.1. The van der Waals surface area contributed by atoms with Crippen LogP contribution in [0.1, 0.15) is 6.92 Å². The molecule has 0 aliphatic carbocycles. The average molecular weight is 349 g/mol. The Balaban J connectivity index is 2.45. The van der Waals surface area contributed by atoms with Gasteiger partial charge < -0.3 is 20.5 Å². The van der Waals surface area contributed by atoms with Gasteiger partial charge in [-0.3, -0.25) is 9.59 Å². The van der Waals surface area contributed by atoms with Crippen molar-refractivity contribution < 1.29 is 23.9 Å². The normalized spacial score (nSPS) is 11.4. The van der Waals surface area contributed by atoms with E-state index in [9.17, 15) is 14.4 Å². The smallest absolute Gasteiger partial charge is 0.347 e. The third kappa shape index (κ3) is 6.19. The minimum absolute atomic E-state index is 0.242. The Morgan fingerprint density at radius 2 is 2.00 bits per heavy atom. The molecule has 0 aromatic heterocycles. The van der Waals surface area contributed by atoms with Crippen molar-refractivity contribution in [3.05, 3.63) is 28.2 Å². The summed E-state index contributed by atoms with van der Waals surface area (Å²) in [6.07, 6.45) is -0.984. The van der Waals surface area contributed by atoms with E-state index < -0.39 is 30.5 Å². The van der Waals surface area contributed by atoms with Gasteiger partial charge in [0.2, 0.25) is 5.91 Å². The number of ether oxygens (including phenoxy) is 2. The van der Waals surface area contributed by atoms with Crippen molar-refractivity contribution in [2.24, 2.45) is 5.73 Å². The van der Waals surface area contributed by atoms with E-state index in [2.05, 4.69) is 5.32 Å². The van der Waals surface area contributed by atoms with E-state index >= 15 is 0 Å². The van der Waals surface area contributed by atoms with Crippen LogP contribution < -0.4 is 15.8 Å². The van der Waals surface area contributed by atoms with E-state index in [1.165, 1.54) is 19.1 Å². The summed E-state index contributed by atoms with van der Waals surface area (Å²) in [7, 11) is 0. The lowest BCUT2D eigenvalue weighted by atomic mass is 10.3. The number of carbonyl (C=O) groups is 3. The minimum atomic E-state index is -0.984. The van der Waals surface area contributed by atoms with Crippen LogP contribution in [0, 0.1) is 0 Å². The minimum Gasteiger partial charge on any atom is -0.477 e. The predicted molar refractivity (Wildman–Crippen MR) is 79.7 cm³/mol. The van der Waals surface area contributed by atoms with Gasteiger partial charge >= 0.3 is 5.97 Å². The number of rotatable bonds is 7. The lowest BCUT2D eigenvalue weighted by molar-refractivity contribution is -0.154. The summed E-state index contributed by atoms with van der Waals surface area (Å²) in [6.45, 7) is 0.561. The molecular weight excluding hydrogens is 335 g/mol. The number of carbonyl (C=O) groups excluding carboxylic acids is 3. The predicted octanol–water partition coefficient (Wildman–Crippen LogP) is 0.905. The molecule has 0 saturated heterocycles. The van der Waals surface area contributed by atoms with Crippen LogP contribution in [-0.2, 0) is 19.1 Å². The summed E-state index contributed by atoms with van der Waals surface area (Å²) < 4.78 is 10.1. The summed E-state index contributed by atoms with van der Waals surface area (Å²) >= 11 is 11.7. The van der Waals surface area contributed by atoms with Crippen molar-refractivity contribution in [2.45, 2.75) is 13.0 Å². The van der Waals surface area contributed by atoms with Gasteiger partial charge in [0.15, 0.2) is 12.7 Å². The maximum Gasteiger partial charge on any atom is 0.347 e. The maximum absolute atomic E-state index is 11.7. The van der Waals surface area contributed by atoms with Crippen LogP contribution in [0.15, 0.2) is 18.2 Å². The van der Waals surface area contributed by atoms with Crippen LogP contribution in [0.25, 0.3) is 0 Å². The molecule has 0 radical (unpaired) electrons. The third-order valence-electron chi connectivity index (χ3n) is 2.33. The summed E-state index contributed by atoms with van der Waals surface area (Å²) in [5, 5.41) is 2.85. The zero-order valence-corrected chi connectivity index (χ0v) is 13.1. The van der Waals surface area contributed by atoms with Crippen molar-refractivity contribution >= 4 is 41.0 Å². The highest BCUT2D eigenvalue weighted by atomic mass is 35.5. The molecule has 0 spiro atoms. The van der Waals surface area contributed by atoms with Crippen molar-refractivity contribution in [3.63, 3.8) is 0 Å². The lowest BCUT2D eigenvalue weighted by Crippen LogP contribution is -2.37. The number of amides is 2. The highest BCUT2D eigenvalue weighted by molar-refractivity contribution is 6.35. The molecule has 0 unspecified atom stereocenters. The highest BCUT2D eigenvalue weighted by Crippen LogP contribution is 2.28.